The molecule has 0 amide bonds. The summed E-state index contributed by atoms with van der Waals surface area (Å²) in [5.41, 5.74) is -3.98. The first-order valence-electron chi connectivity index (χ1n) is 4.91. The molecule has 0 N–H and O–H groups in total. The normalized spacial score (nSPS) is 11.8. The third-order valence-corrected chi connectivity index (χ3v) is 2.28. The summed E-state index contributed by atoms with van der Waals surface area (Å²) in [5.74, 6) is -1.33. The van der Waals surface area contributed by atoms with E-state index in [-0.39, 0.29) is 6.61 Å². The number of rotatable bonds is 3. The van der Waals surface area contributed by atoms with Gasteiger partial charge in [-0.25, -0.2) is 18.6 Å². The Balaban J connectivity index is 3.45. The van der Waals surface area contributed by atoms with Crippen molar-refractivity contribution in [1.29, 1.82) is 0 Å². The minimum Gasteiger partial charge on any atom is -0.462 e. The van der Waals surface area contributed by atoms with Crippen LogP contribution in [0.25, 0.3) is 0 Å². The van der Waals surface area contributed by atoms with Crippen LogP contribution in [0.3, 0.4) is 0 Å². The van der Waals surface area contributed by atoms with E-state index in [0.29, 0.717) is 6.07 Å². The Hall–Kier alpha value is -1.44. The van der Waals surface area contributed by atoms with Crippen molar-refractivity contribution in [3.63, 3.8) is 0 Å². The molecule has 0 aliphatic rings. The molecule has 1 rings (SSSR count). The van der Waals surface area contributed by atoms with Gasteiger partial charge in [-0.15, -0.1) is 0 Å². The molecule has 0 spiro atoms. The van der Waals surface area contributed by atoms with Crippen molar-refractivity contribution in [3.05, 3.63) is 28.0 Å². The fourth-order valence-electron chi connectivity index (χ4n) is 1.24. The maximum atomic E-state index is 12.7. The number of hydrogen-bond acceptors (Lipinski definition) is 3. The summed E-state index contributed by atoms with van der Waals surface area (Å²) < 4.78 is 67.3. The van der Waals surface area contributed by atoms with Crippen molar-refractivity contribution in [2.24, 2.45) is 0 Å². The lowest BCUT2D eigenvalue weighted by Crippen LogP contribution is -2.18. The average molecular weight is 304 g/mol. The zero-order valence-electron chi connectivity index (χ0n) is 9.39. The number of hydrogen-bond donors (Lipinski definition) is 0. The van der Waals surface area contributed by atoms with E-state index in [4.69, 9.17) is 11.6 Å². The maximum absolute atomic E-state index is 12.7. The standard InChI is InChI=1S/C10H7ClF5NO2/c1-2-19-9(18)4-3-5(11)6(8(12)13)17-7(4)10(14,15)16/h3,8H,2H2,1H3. The summed E-state index contributed by atoms with van der Waals surface area (Å²) in [6.45, 7) is 1.21. The number of ether oxygens (including phenoxy) is 1. The average Bonchev–Trinajstić information content (AvgIpc) is 2.26. The minimum absolute atomic E-state index is 0.176. The number of aromatic nitrogens is 1. The van der Waals surface area contributed by atoms with Gasteiger partial charge in [0.05, 0.1) is 17.2 Å². The lowest BCUT2D eigenvalue weighted by Gasteiger charge is -2.13. The number of carbonyl (C=O) groups excluding carboxylic acids is 1. The van der Waals surface area contributed by atoms with Crippen LogP contribution in [0.1, 0.15) is 35.1 Å². The summed E-state index contributed by atoms with van der Waals surface area (Å²) in [4.78, 5) is 14.1. The number of carbonyl (C=O) groups is 1. The lowest BCUT2D eigenvalue weighted by molar-refractivity contribution is -0.142. The molecule has 0 saturated carbocycles. The number of alkyl halides is 5. The van der Waals surface area contributed by atoms with Gasteiger partial charge in [0.25, 0.3) is 6.43 Å². The fraction of sp³-hybridized carbons (Fsp3) is 0.400. The molecule has 1 aromatic rings. The second kappa shape index (κ2) is 5.68. The fourth-order valence-corrected chi connectivity index (χ4v) is 1.47. The highest BCUT2D eigenvalue weighted by Crippen LogP contribution is 2.35. The Morgan fingerprint density at radius 1 is 1.47 bits per heavy atom. The summed E-state index contributed by atoms with van der Waals surface area (Å²) in [6, 6.07) is 0.483. The van der Waals surface area contributed by atoms with Gasteiger partial charge in [-0.1, -0.05) is 11.6 Å². The van der Waals surface area contributed by atoms with Crippen molar-refractivity contribution in [2.75, 3.05) is 6.61 Å². The number of nitrogens with zero attached hydrogens (tertiary/aromatic N) is 1. The molecule has 106 valence electrons. The molecule has 0 unspecified atom stereocenters. The number of pyridine rings is 1. The molecule has 0 fully saturated rings. The summed E-state index contributed by atoms with van der Waals surface area (Å²) in [5, 5.41) is -0.731. The van der Waals surface area contributed by atoms with Crippen molar-refractivity contribution < 1.29 is 31.5 Å². The molecular weight excluding hydrogens is 297 g/mol. The first-order valence-corrected chi connectivity index (χ1v) is 5.29. The van der Waals surface area contributed by atoms with Crippen molar-refractivity contribution in [2.45, 2.75) is 19.5 Å². The number of halogens is 6. The van der Waals surface area contributed by atoms with Crippen LogP contribution in [-0.4, -0.2) is 17.6 Å². The van der Waals surface area contributed by atoms with Crippen LogP contribution in [0.15, 0.2) is 6.07 Å². The molecule has 0 radical (unpaired) electrons. The quantitative estimate of drug-likeness (QED) is 0.628. The van der Waals surface area contributed by atoms with Crippen LogP contribution in [0.2, 0.25) is 5.02 Å². The van der Waals surface area contributed by atoms with E-state index in [1.54, 1.807) is 0 Å². The van der Waals surface area contributed by atoms with Crippen molar-refractivity contribution in [3.8, 4) is 0 Å². The summed E-state index contributed by atoms with van der Waals surface area (Å²) >= 11 is 5.37. The van der Waals surface area contributed by atoms with Crippen molar-refractivity contribution >= 4 is 17.6 Å². The molecule has 1 heterocycles. The Morgan fingerprint density at radius 3 is 2.47 bits per heavy atom. The van der Waals surface area contributed by atoms with Gasteiger partial charge in [0.1, 0.15) is 5.69 Å². The van der Waals surface area contributed by atoms with Crippen LogP contribution in [0, 0.1) is 0 Å². The van der Waals surface area contributed by atoms with Gasteiger partial charge in [-0.3, -0.25) is 0 Å². The largest absolute Gasteiger partial charge is 0.462 e. The highest BCUT2D eigenvalue weighted by Gasteiger charge is 2.39. The molecule has 0 saturated heterocycles. The minimum atomic E-state index is -5.07. The molecule has 0 atom stereocenters. The third kappa shape index (κ3) is 3.52. The monoisotopic (exact) mass is 303 g/mol. The van der Waals surface area contributed by atoms with E-state index in [1.165, 1.54) is 6.92 Å². The molecule has 19 heavy (non-hydrogen) atoms. The van der Waals surface area contributed by atoms with Crippen LogP contribution in [0.4, 0.5) is 22.0 Å². The summed E-state index contributed by atoms with van der Waals surface area (Å²) in [6.07, 6.45) is -8.36. The zero-order valence-corrected chi connectivity index (χ0v) is 10.1. The van der Waals surface area contributed by atoms with E-state index in [2.05, 4.69) is 9.72 Å². The van der Waals surface area contributed by atoms with Crippen LogP contribution >= 0.6 is 11.6 Å². The Morgan fingerprint density at radius 2 is 2.05 bits per heavy atom. The van der Waals surface area contributed by atoms with Gasteiger partial charge in [-0.2, -0.15) is 13.2 Å². The first kappa shape index (κ1) is 15.6. The van der Waals surface area contributed by atoms with E-state index >= 15 is 0 Å². The van der Waals surface area contributed by atoms with E-state index in [0.717, 1.165) is 0 Å². The number of esters is 1. The molecular formula is C10H7ClF5NO2. The van der Waals surface area contributed by atoms with Crippen LogP contribution in [0.5, 0.6) is 0 Å². The molecule has 1 aromatic heterocycles. The Labute approximate surface area is 109 Å². The maximum Gasteiger partial charge on any atom is 0.434 e. The zero-order chi connectivity index (χ0) is 14.8. The van der Waals surface area contributed by atoms with Gasteiger partial charge in [0, 0.05) is 0 Å². The van der Waals surface area contributed by atoms with Crippen LogP contribution in [-0.2, 0) is 10.9 Å². The second-order valence-electron chi connectivity index (χ2n) is 3.27. The SMILES string of the molecule is CCOC(=O)c1cc(Cl)c(C(F)F)nc1C(F)(F)F. The topological polar surface area (TPSA) is 39.2 Å². The smallest absolute Gasteiger partial charge is 0.434 e. The van der Waals surface area contributed by atoms with Gasteiger partial charge in [0.15, 0.2) is 5.69 Å². The molecule has 0 bridgehead atoms. The Bertz CT molecular complexity index is 490. The van der Waals surface area contributed by atoms with Crippen molar-refractivity contribution in [1.82, 2.24) is 4.98 Å². The summed E-state index contributed by atoms with van der Waals surface area (Å²) in [7, 11) is 0. The van der Waals surface area contributed by atoms with Gasteiger partial charge >= 0.3 is 12.1 Å². The molecule has 0 aliphatic heterocycles. The molecule has 3 nitrogen and oxygen atoms in total. The van der Waals surface area contributed by atoms with Gasteiger partial charge in [-0.05, 0) is 13.0 Å². The van der Waals surface area contributed by atoms with Gasteiger partial charge < -0.3 is 4.74 Å². The first-order chi connectivity index (χ1) is 8.68. The third-order valence-electron chi connectivity index (χ3n) is 1.97. The van der Waals surface area contributed by atoms with Crippen LogP contribution < -0.4 is 0 Å². The van der Waals surface area contributed by atoms with Gasteiger partial charge in [0.2, 0.25) is 0 Å². The molecule has 0 aliphatic carbocycles. The predicted molar refractivity (Wildman–Crippen MR) is 55.2 cm³/mol. The molecule has 9 heteroatoms. The lowest BCUT2D eigenvalue weighted by atomic mass is 10.1. The van der Waals surface area contributed by atoms with E-state index in [9.17, 15) is 26.7 Å². The second-order valence-corrected chi connectivity index (χ2v) is 3.68. The molecule has 0 aromatic carbocycles. The predicted octanol–water partition coefficient (Wildman–Crippen LogP) is 3.87. The highest BCUT2D eigenvalue weighted by molar-refractivity contribution is 6.31. The highest BCUT2D eigenvalue weighted by atomic mass is 35.5. The Kier molecular flexibility index (Phi) is 4.67. The van der Waals surface area contributed by atoms with E-state index < -0.39 is 40.5 Å². The van der Waals surface area contributed by atoms with E-state index in [1.807, 2.05) is 0 Å².